The molecule has 0 bridgehead atoms. The van der Waals surface area contributed by atoms with Gasteiger partial charge in [0.2, 0.25) is 5.95 Å². The maximum absolute atomic E-state index is 12.2. The molecule has 1 atom stereocenters. The van der Waals surface area contributed by atoms with Gasteiger partial charge in [0.1, 0.15) is 0 Å². The van der Waals surface area contributed by atoms with Gasteiger partial charge in [-0.1, -0.05) is 6.92 Å². The molecule has 0 radical (unpaired) electrons. The Morgan fingerprint density at radius 3 is 2.63 bits per heavy atom. The van der Waals surface area contributed by atoms with E-state index in [1.54, 1.807) is 4.57 Å². The van der Waals surface area contributed by atoms with Gasteiger partial charge < -0.3 is 10.3 Å². The van der Waals surface area contributed by atoms with Gasteiger partial charge in [-0.15, -0.1) is 0 Å². The topological polar surface area (TPSA) is 84.7 Å². The summed E-state index contributed by atoms with van der Waals surface area (Å²) in [7, 11) is 1.48. The standard InChI is InChI=1S/C12H19N5O2/c1-5-7(3)17-9-8(10(18)16(4)12(17)19)14-11(15-9)13-6-2/h7H,5-6H2,1-4H3,(H2,13,14,15). The van der Waals surface area contributed by atoms with Crippen molar-refractivity contribution in [1.29, 1.82) is 0 Å². The molecule has 0 saturated heterocycles. The van der Waals surface area contributed by atoms with Crippen molar-refractivity contribution in [2.24, 2.45) is 7.05 Å². The first-order valence-corrected chi connectivity index (χ1v) is 6.46. The highest BCUT2D eigenvalue weighted by molar-refractivity contribution is 5.72. The second kappa shape index (κ2) is 4.91. The molecule has 7 nitrogen and oxygen atoms in total. The van der Waals surface area contributed by atoms with E-state index in [-0.39, 0.29) is 17.3 Å². The number of aromatic amines is 1. The van der Waals surface area contributed by atoms with Crippen LogP contribution in [0, 0.1) is 0 Å². The Morgan fingerprint density at radius 2 is 2.05 bits per heavy atom. The van der Waals surface area contributed by atoms with Crippen LogP contribution in [0.15, 0.2) is 9.59 Å². The van der Waals surface area contributed by atoms with Crippen molar-refractivity contribution in [2.45, 2.75) is 33.2 Å². The highest BCUT2D eigenvalue weighted by Crippen LogP contribution is 2.15. The summed E-state index contributed by atoms with van der Waals surface area (Å²) in [6, 6.07) is -0.0143. The third kappa shape index (κ3) is 2.05. The van der Waals surface area contributed by atoms with Gasteiger partial charge in [0, 0.05) is 19.6 Å². The predicted octanol–water partition coefficient (Wildman–Crippen LogP) is 0.826. The largest absolute Gasteiger partial charge is 0.356 e. The molecule has 0 aromatic carbocycles. The quantitative estimate of drug-likeness (QED) is 0.857. The van der Waals surface area contributed by atoms with Gasteiger partial charge in [-0.25, -0.2) is 4.79 Å². The fraction of sp³-hybridized carbons (Fsp3) is 0.583. The van der Waals surface area contributed by atoms with E-state index in [0.29, 0.717) is 23.7 Å². The Hall–Kier alpha value is -2.05. The highest BCUT2D eigenvalue weighted by Gasteiger charge is 2.18. The Kier molecular flexibility index (Phi) is 3.46. The Labute approximate surface area is 110 Å². The minimum absolute atomic E-state index is 0.0143. The molecule has 2 aromatic rings. The van der Waals surface area contributed by atoms with E-state index in [4.69, 9.17) is 0 Å². The van der Waals surface area contributed by atoms with E-state index in [2.05, 4.69) is 15.3 Å². The summed E-state index contributed by atoms with van der Waals surface area (Å²) in [4.78, 5) is 31.6. The zero-order valence-electron chi connectivity index (χ0n) is 11.6. The maximum atomic E-state index is 12.2. The van der Waals surface area contributed by atoms with Gasteiger partial charge >= 0.3 is 5.69 Å². The zero-order valence-corrected chi connectivity index (χ0v) is 11.6. The molecule has 0 spiro atoms. The average molecular weight is 265 g/mol. The van der Waals surface area contributed by atoms with Crippen LogP contribution >= 0.6 is 0 Å². The van der Waals surface area contributed by atoms with Gasteiger partial charge in [-0.05, 0) is 20.3 Å². The summed E-state index contributed by atoms with van der Waals surface area (Å²) >= 11 is 0. The maximum Gasteiger partial charge on any atom is 0.332 e. The number of imidazole rings is 1. The molecule has 0 saturated carbocycles. The van der Waals surface area contributed by atoms with Crippen molar-refractivity contribution in [2.75, 3.05) is 11.9 Å². The molecule has 19 heavy (non-hydrogen) atoms. The second-order valence-corrected chi connectivity index (χ2v) is 4.59. The number of anilines is 1. The van der Waals surface area contributed by atoms with Crippen molar-refractivity contribution in [3.63, 3.8) is 0 Å². The van der Waals surface area contributed by atoms with E-state index in [1.807, 2.05) is 20.8 Å². The second-order valence-electron chi connectivity index (χ2n) is 4.59. The van der Waals surface area contributed by atoms with Crippen molar-refractivity contribution in [1.82, 2.24) is 19.1 Å². The lowest BCUT2D eigenvalue weighted by Gasteiger charge is -2.14. The average Bonchev–Trinajstić information content (AvgIpc) is 2.80. The molecule has 2 aromatic heterocycles. The molecule has 0 aliphatic heterocycles. The number of hydrogen-bond acceptors (Lipinski definition) is 4. The van der Waals surface area contributed by atoms with Crippen LogP contribution < -0.4 is 16.6 Å². The van der Waals surface area contributed by atoms with Crippen LogP contribution in [0.1, 0.15) is 33.2 Å². The van der Waals surface area contributed by atoms with Crippen LogP contribution in [0.4, 0.5) is 5.95 Å². The van der Waals surface area contributed by atoms with Gasteiger partial charge in [-0.2, -0.15) is 4.98 Å². The number of hydrogen-bond donors (Lipinski definition) is 2. The fourth-order valence-electron chi connectivity index (χ4n) is 2.03. The molecular formula is C12H19N5O2. The number of H-pyrrole nitrogens is 1. The minimum atomic E-state index is -0.351. The summed E-state index contributed by atoms with van der Waals surface area (Å²) in [5, 5.41) is 3.02. The molecule has 104 valence electrons. The van der Waals surface area contributed by atoms with Gasteiger partial charge in [-0.3, -0.25) is 13.9 Å². The summed E-state index contributed by atoms with van der Waals surface area (Å²) in [6.07, 6.45) is 0.788. The molecule has 2 N–H and O–H groups in total. The highest BCUT2D eigenvalue weighted by atomic mass is 16.2. The number of rotatable bonds is 4. The third-order valence-electron chi connectivity index (χ3n) is 3.30. The number of fused-ring (bicyclic) bond motifs is 1. The SMILES string of the molecule is CCNc1nc2c([nH]1)c(=O)n(C)c(=O)n2C(C)CC. The summed E-state index contributed by atoms with van der Waals surface area (Å²) < 4.78 is 2.68. The first kappa shape index (κ1) is 13.4. The van der Waals surface area contributed by atoms with Crippen molar-refractivity contribution < 1.29 is 0 Å². The monoisotopic (exact) mass is 265 g/mol. The summed E-state index contributed by atoms with van der Waals surface area (Å²) in [5.74, 6) is 0.511. The van der Waals surface area contributed by atoms with Crippen molar-refractivity contribution in [3.05, 3.63) is 20.8 Å². The van der Waals surface area contributed by atoms with Crippen LogP contribution in [0.2, 0.25) is 0 Å². The van der Waals surface area contributed by atoms with Gasteiger partial charge in [0.15, 0.2) is 11.2 Å². The fourth-order valence-corrected chi connectivity index (χ4v) is 2.03. The first-order valence-electron chi connectivity index (χ1n) is 6.46. The number of nitrogens with one attached hydrogen (secondary N) is 2. The Balaban J connectivity index is 2.85. The van der Waals surface area contributed by atoms with E-state index < -0.39 is 0 Å². The summed E-state index contributed by atoms with van der Waals surface area (Å²) in [6.45, 7) is 6.56. The Morgan fingerprint density at radius 1 is 1.37 bits per heavy atom. The lowest BCUT2D eigenvalue weighted by Crippen LogP contribution is -2.39. The Bertz CT molecular complexity index is 709. The lowest BCUT2D eigenvalue weighted by molar-refractivity contribution is 0.500. The molecule has 0 fully saturated rings. The molecule has 2 rings (SSSR count). The smallest absolute Gasteiger partial charge is 0.332 e. The van der Waals surface area contributed by atoms with Crippen molar-refractivity contribution in [3.8, 4) is 0 Å². The predicted molar refractivity (Wildman–Crippen MR) is 74.8 cm³/mol. The van der Waals surface area contributed by atoms with Crippen LogP contribution in [0.5, 0.6) is 0 Å². The van der Waals surface area contributed by atoms with E-state index >= 15 is 0 Å². The van der Waals surface area contributed by atoms with Gasteiger partial charge in [0.25, 0.3) is 5.56 Å². The summed E-state index contributed by atoms with van der Waals surface area (Å²) in [5.41, 5.74) is 0.0920. The molecule has 2 heterocycles. The molecule has 0 amide bonds. The van der Waals surface area contributed by atoms with E-state index in [0.717, 1.165) is 11.0 Å². The van der Waals surface area contributed by atoms with Crippen LogP contribution in [0.25, 0.3) is 11.2 Å². The van der Waals surface area contributed by atoms with Crippen molar-refractivity contribution >= 4 is 17.1 Å². The minimum Gasteiger partial charge on any atom is -0.356 e. The van der Waals surface area contributed by atoms with E-state index in [1.165, 1.54) is 7.05 Å². The van der Waals surface area contributed by atoms with Crippen LogP contribution in [-0.4, -0.2) is 25.6 Å². The zero-order chi connectivity index (χ0) is 14.2. The molecule has 7 heteroatoms. The third-order valence-corrected chi connectivity index (χ3v) is 3.30. The van der Waals surface area contributed by atoms with E-state index in [9.17, 15) is 9.59 Å². The number of nitrogens with zero attached hydrogens (tertiary/aromatic N) is 3. The van der Waals surface area contributed by atoms with Crippen LogP contribution in [-0.2, 0) is 7.05 Å². The normalized spacial score (nSPS) is 12.8. The first-order chi connectivity index (χ1) is 9.01. The molecule has 0 aliphatic carbocycles. The molecule has 1 unspecified atom stereocenters. The molecule has 0 aliphatic rings. The molecular weight excluding hydrogens is 246 g/mol. The van der Waals surface area contributed by atoms with Gasteiger partial charge in [0.05, 0.1) is 0 Å². The van der Waals surface area contributed by atoms with Crippen LogP contribution in [0.3, 0.4) is 0 Å². The lowest BCUT2D eigenvalue weighted by atomic mass is 10.2. The number of aromatic nitrogens is 4.